The largest absolute Gasteiger partial charge is 1.00 e. The van der Waals surface area contributed by atoms with Gasteiger partial charge in [-0.15, -0.1) is 11.8 Å². The molecule has 0 heterocycles. The molecule has 52 valence electrons. The molecule has 0 aliphatic carbocycles. The van der Waals surface area contributed by atoms with E-state index in [-0.39, 0.29) is 26.0 Å². The SMILES string of the molecule is C=CCS(=O)(=O)OC#N.[H-].[Li+]. The van der Waals surface area contributed by atoms with Gasteiger partial charge in [-0.3, -0.25) is 0 Å². The molecule has 0 fully saturated rings. The van der Waals surface area contributed by atoms with Crippen LogP contribution in [0.25, 0.3) is 0 Å². The molecule has 0 spiro atoms. The van der Waals surface area contributed by atoms with Gasteiger partial charge in [-0.1, -0.05) is 6.08 Å². The molecular weight excluding hydrogens is 149 g/mol. The van der Waals surface area contributed by atoms with Gasteiger partial charge in [-0.05, 0) is 0 Å². The van der Waals surface area contributed by atoms with E-state index in [1.807, 2.05) is 0 Å². The molecule has 0 aliphatic heterocycles. The Bertz CT molecular complexity index is 232. The second kappa shape index (κ2) is 5.37. The summed E-state index contributed by atoms with van der Waals surface area (Å²) in [7, 11) is -3.66. The Morgan fingerprint density at radius 3 is 2.60 bits per heavy atom. The molecule has 0 aromatic heterocycles. The van der Waals surface area contributed by atoms with Gasteiger partial charge in [0.15, 0.2) is 0 Å². The Kier molecular flexibility index (Phi) is 6.59. The van der Waals surface area contributed by atoms with Crippen molar-refractivity contribution in [3.8, 4) is 6.26 Å². The first-order valence-corrected chi connectivity index (χ1v) is 3.61. The van der Waals surface area contributed by atoms with E-state index in [1.165, 1.54) is 0 Å². The van der Waals surface area contributed by atoms with Crippen molar-refractivity contribution in [2.45, 2.75) is 0 Å². The summed E-state index contributed by atoms with van der Waals surface area (Å²) in [5.74, 6) is -0.333. The smallest absolute Gasteiger partial charge is 1.00 e. The molecule has 0 bridgehead atoms. The molecule has 0 aliphatic rings. The van der Waals surface area contributed by atoms with Crippen LogP contribution in [-0.4, -0.2) is 14.2 Å². The van der Waals surface area contributed by atoms with Crippen molar-refractivity contribution >= 4 is 10.1 Å². The van der Waals surface area contributed by atoms with Crippen molar-refractivity contribution in [1.82, 2.24) is 0 Å². The van der Waals surface area contributed by atoms with Crippen molar-refractivity contribution in [2.24, 2.45) is 0 Å². The maximum atomic E-state index is 10.3. The molecule has 0 saturated heterocycles. The quantitative estimate of drug-likeness (QED) is 0.190. The summed E-state index contributed by atoms with van der Waals surface area (Å²) in [4.78, 5) is 0. The number of hydrogen-bond donors (Lipinski definition) is 0. The van der Waals surface area contributed by atoms with Crippen molar-refractivity contribution in [2.75, 3.05) is 5.75 Å². The fraction of sp³-hybridized carbons (Fsp3) is 0.250. The van der Waals surface area contributed by atoms with Gasteiger partial charge in [0.1, 0.15) is 5.75 Å². The minimum atomic E-state index is -3.66. The topological polar surface area (TPSA) is 67.2 Å². The van der Waals surface area contributed by atoms with Crippen LogP contribution >= 0.6 is 0 Å². The third kappa shape index (κ3) is 5.71. The van der Waals surface area contributed by atoms with Gasteiger partial charge in [0.2, 0.25) is 0 Å². The molecule has 6 heteroatoms. The molecule has 0 unspecified atom stereocenters. The van der Waals surface area contributed by atoms with E-state index < -0.39 is 10.1 Å². The molecule has 0 radical (unpaired) electrons. The maximum absolute atomic E-state index is 10.3. The summed E-state index contributed by atoms with van der Waals surface area (Å²) < 4.78 is 24.3. The Morgan fingerprint density at radius 1 is 1.80 bits per heavy atom. The first kappa shape index (κ1) is 12.3. The van der Waals surface area contributed by atoms with Crippen LogP contribution in [0.3, 0.4) is 0 Å². The monoisotopic (exact) mass is 155 g/mol. The van der Waals surface area contributed by atoms with Crippen LogP contribution in [0.15, 0.2) is 12.7 Å². The molecule has 0 amide bonds. The Labute approximate surface area is 73.3 Å². The van der Waals surface area contributed by atoms with Gasteiger partial charge in [0.05, 0.1) is 0 Å². The molecular formula is C4H6LiNO3S. The fourth-order valence-corrected chi connectivity index (χ4v) is 0.705. The van der Waals surface area contributed by atoms with Gasteiger partial charge in [-0.2, -0.15) is 8.42 Å². The van der Waals surface area contributed by atoms with Crippen LogP contribution in [-0.2, 0) is 14.3 Å². The normalized spacial score (nSPS) is 8.70. The van der Waals surface area contributed by atoms with E-state index in [0.29, 0.717) is 0 Å². The van der Waals surface area contributed by atoms with E-state index in [9.17, 15) is 8.42 Å². The van der Waals surface area contributed by atoms with Crippen LogP contribution in [0, 0.1) is 11.5 Å². The van der Waals surface area contributed by atoms with E-state index in [4.69, 9.17) is 5.26 Å². The molecule has 0 aromatic carbocycles. The van der Waals surface area contributed by atoms with Gasteiger partial charge < -0.3 is 5.61 Å². The predicted octanol–water partition coefficient (Wildman–Crippen LogP) is -2.88. The fourth-order valence-electron chi connectivity index (χ4n) is 0.235. The van der Waals surface area contributed by atoms with Gasteiger partial charge >= 0.3 is 35.2 Å². The van der Waals surface area contributed by atoms with Gasteiger partial charge in [0.25, 0.3) is 0 Å². The Morgan fingerprint density at radius 2 is 2.30 bits per heavy atom. The zero-order chi connectivity index (χ0) is 7.33. The van der Waals surface area contributed by atoms with Gasteiger partial charge in [0, 0.05) is 0 Å². The summed E-state index contributed by atoms with van der Waals surface area (Å²) in [5.41, 5.74) is 0. The second-order valence-electron chi connectivity index (χ2n) is 1.19. The third-order valence-electron chi connectivity index (χ3n) is 0.486. The van der Waals surface area contributed by atoms with Crippen molar-refractivity contribution in [3.05, 3.63) is 12.7 Å². The van der Waals surface area contributed by atoms with Crippen LogP contribution in [0.1, 0.15) is 1.43 Å². The maximum Gasteiger partial charge on any atom is 1.00 e. The molecule has 0 aromatic rings. The van der Waals surface area contributed by atoms with Gasteiger partial charge in [-0.25, -0.2) is 0 Å². The van der Waals surface area contributed by atoms with Crippen molar-refractivity contribution in [1.29, 1.82) is 5.26 Å². The number of nitrogens with zero attached hydrogens (tertiary/aromatic N) is 1. The molecule has 4 nitrogen and oxygen atoms in total. The summed E-state index contributed by atoms with van der Waals surface area (Å²) >= 11 is 0. The van der Waals surface area contributed by atoms with Crippen LogP contribution in [0.2, 0.25) is 0 Å². The minimum Gasteiger partial charge on any atom is -1.00 e. The molecule has 10 heavy (non-hydrogen) atoms. The zero-order valence-electron chi connectivity index (χ0n) is 6.57. The molecule has 0 N–H and O–H groups in total. The van der Waals surface area contributed by atoms with E-state index >= 15 is 0 Å². The van der Waals surface area contributed by atoms with E-state index in [2.05, 4.69) is 10.8 Å². The third-order valence-corrected chi connectivity index (χ3v) is 1.46. The molecule has 0 atom stereocenters. The molecule has 0 rings (SSSR count). The van der Waals surface area contributed by atoms with Crippen LogP contribution < -0.4 is 18.9 Å². The predicted molar refractivity (Wildman–Crippen MR) is 31.8 cm³/mol. The molecule has 0 saturated carbocycles. The van der Waals surface area contributed by atoms with Crippen LogP contribution in [0.5, 0.6) is 0 Å². The van der Waals surface area contributed by atoms with Crippen molar-refractivity contribution < 1.29 is 32.9 Å². The second-order valence-corrected chi connectivity index (χ2v) is 2.80. The van der Waals surface area contributed by atoms with E-state index in [0.717, 1.165) is 12.3 Å². The number of nitriles is 1. The standard InChI is InChI=1S/C4H5NO3S.Li.H/c1-2-3-9(6,7)8-4-5;;/h2H,1,3H2;;/q;+1;-1. The van der Waals surface area contributed by atoms with E-state index in [1.54, 1.807) is 0 Å². The summed E-state index contributed by atoms with van der Waals surface area (Å²) in [6.45, 7) is 3.16. The number of hydrogen-bond acceptors (Lipinski definition) is 4. The minimum absolute atomic E-state index is 0. The van der Waals surface area contributed by atoms with Crippen molar-refractivity contribution in [3.63, 3.8) is 0 Å². The van der Waals surface area contributed by atoms with Crippen LogP contribution in [0.4, 0.5) is 0 Å². The summed E-state index contributed by atoms with van der Waals surface area (Å²) in [5, 5.41) is 7.74. The Hall–Kier alpha value is -0.423. The summed E-state index contributed by atoms with van der Waals surface area (Å²) in [6.07, 6.45) is 2.20. The summed E-state index contributed by atoms with van der Waals surface area (Å²) in [6, 6.07) is 0. The first-order valence-electron chi connectivity index (χ1n) is 2.03. The Balaban J connectivity index is -0.000000320. The number of rotatable bonds is 3. The average molecular weight is 155 g/mol. The zero-order valence-corrected chi connectivity index (χ0v) is 6.39. The first-order chi connectivity index (χ1) is 4.12. The average Bonchev–Trinajstić information content (AvgIpc) is 1.64.